The number of hydrogen-bond acceptors (Lipinski definition) is 3. The summed E-state index contributed by atoms with van der Waals surface area (Å²) < 4.78 is 1.02. The third-order valence-corrected chi connectivity index (χ3v) is 6.52. The fourth-order valence-electron chi connectivity index (χ4n) is 4.04. The number of halogens is 1. The number of fused-ring (bicyclic) bond motifs is 1. The first-order valence-corrected chi connectivity index (χ1v) is 10.2. The number of nitrogens with zero attached hydrogens (tertiary/aromatic N) is 1. The Kier molecular flexibility index (Phi) is 4.62. The molecule has 2 aromatic carbocycles. The van der Waals surface area contributed by atoms with E-state index < -0.39 is 17.9 Å². The van der Waals surface area contributed by atoms with Crippen molar-refractivity contribution in [3.8, 4) is 0 Å². The molecule has 4 rings (SSSR count). The van der Waals surface area contributed by atoms with Gasteiger partial charge in [0.25, 0.3) is 11.8 Å². The van der Waals surface area contributed by atoms with E-state index in [-0.39, 0.29) is 17.4 Å². The minimum Gasteiger partial charge on any atom is -0.351 e. The molecule has 0 bridgehead atoms. The molecule has 3 amide bonds. The van der Waals surface area contributed by atoms with Gasteiger partial charge in [0, 0.05) is 15.9 Å². The van der Waals surface area contributed by atoms with Crippen molar-refractivity contribution < 1.29 is 14.4 Å². The smallest absolute Gasteiger partial charge is 0.262 e. The van der Waals surface area contributed by atoms with Crippen LogP contribution in [0, 0.1) is 0 Å². The molecule has 6 heteroatoms. The summed E-state index contributed by atoms with van der Waals surface area (Å²) in [5.41, 5.74) is 1.82. The summed E-state index contributed by atoms with van der Waals surface area (Å²) in [6.45, 7) is 3.59. The first-order valence-electron chi connectivity index (χ1n) is 9.38. The topological polar surface area (TPSA) is 66.5 Å². The van der Waals surface area contributed by atoms with Crippen LogP contribution in [0.4, 0.5) is 0 Å². The number of nitrogens with one attached hydrogen (secondary N) is 1. The van der Waals surface area contributed by atoms with Crippen molar-refractivity contribution in [2.75, 3.05) is 0 Å². The Labute approximate surface area is 172 Å². The summed E-state index contributed by atoms with van der Waals surface area (Å²) >= 11 is 3.45. The van der Waals surface area contributed by atoms with Gasteiger partial charge in [-0.05, 0) is 56.5 Å². The molecule has 2 aliphatic rings. The van der Waals surface area contributed by atoms with Gasteiger partial charge in [-0.2, -0.15) is 0 Å². The van der Waals surface area contributed by atoms with Gasteiger partial charge in [-0.3, -0.25) is 19.3 Å². The molecule has 0 saturated heterocycles. The lowest BCUT2D eigenvalue weighted by Crippen LogP contribution is -2.52. The zero-order chi connectivity index (χ0) is 20.1. The number of carbonyl (C=O) groups is 3. The molecule has 2 unspecified atom stereocenters. The summed E-state index contributed by atoms with van der Waals surface area (Å²) in [4.78, 5) is 39.2. The van der Waals surface area contributed by atoms with Crippen LogP contribution in [-0.4, -0.2) is 34.7 Å². The molecule has 1 heterocycles. The molecule has 28 heavy (non-hydrogen) atoms. The average Bonchev–Trinajstić information content (AvgIpc) is 3.46. The maximum atomic E-state index is 12.9. The van der Waals surface area contributed by atoms with Crippen molar-refractivity contribution in [3.05, 3.63) is 69.7 Å². The SMILES string of the molecule is CC(C(=O)NC(C)C1(c2ccc(Br)cc2)CC1)N1C(=O)c2ccccc2C1=O. The van der Waals surface area contributed by atoms with E-state index in [1.807, 2.05) is 19.1 Å². The van der Waals surface area contributed by atoms with E-state index >= 15 is 0 Å². The van der Waals surface area contributed by atoms with E-state index in [1.54, 1.807) is 31.2 Å². The first kappa shape index (κ1) is 18.9. The van der Waals surface area contributed by atoms with E-state index in [0.29, 0.717) is 11.1 Å². The molecule has 1 aliphatic heterocycles. The zero-order valence-electron chi connectivity index (χ0n) is 15.7. The minimum absolute atomic E-state index is 0.0852. The van der Waals surface area contributed by atoms with Crippen LogP contribution < -0.4 is 5.32 Å². The normalized spacial score (nSPS) is 19.2. The van der Waals surface area contributed by atoms with Crippen molar-refractivity contribution in [2.45, 2.75) is 44.2 Å². The molecule has 2 atom stereocenters. The maximum Gasteiger partial charge on any atom is 0.262 e. The standard InChI is InChI=1S/C22H21BrN2O3/c1-13(25-20(27)17-5-3-4-6-18(17)21(25)28)19(26)24-14(2)22(11-12-22)15-7-9-16(23)10-8-15/h3-10,13-14H,11-12H2,1-2H3,(H,24,26). The van der Waals surface area contributed by atoms with Crippen LogP contribution in [-0.2, 0) is 10.2 Å². The molecule has 1 aliphatic carbocycles. The van der Waals surface area contributed by atoms with Gasteiger partial charge in [0.15, 0.2) is 0 Å². The van der Waals surface area contributed by atoms with Gasteiger partial charge in [0.05, 0.1) is 11.1 Å². The molecular weight excluding hydrogens is 420 g/mol. The third kappa shape index (κ3) is 2.96. The highest BCUT2D eigenvalue weighted by Gasteiger charge is 2.50. The van der Waals surface area contributed by atoms with Crippen molar-refractivity contribution in [3.63, 3.8) is 0 Å². The Bertz CT molecular complexity index is 931. The average molecular weight is 441 g/mol. The fourth-order valence-corrected chi connectivity index (χ4v) is 4.30. The molecule has 5 nitrogen and oxygen atoms in total. The Morgan fingerprint density at radius 1 is 1.00 bits per heavy atom. The molecule has 0 radical (unpaired) electrons. The van der Waals surface area contributed by atoms with E-state index in [2.05, 4.69) is 33.4 Å². The van der Waals surface area contributed by atoms with E-state index in [9.17, 15) is 14.4 Å². The lowest BCUT2D eigenvalue weighted by molar-refractivity contribution is -0.125. The number of benzene rings is 2. The second kappa shape index (κ2) is 6.85. The predicted octanol–water partition coefficient (Wildman–Crippen LogP) is 3.67. The van der Waals surface area contributed by atoms with E-state index in [4.69, 9.17) is 0 Å². The Morgan fingerprint density at radius 2 is 1.54 bits per heavy atom. The van der Waals surface area contributed by atoms with Crippen molar-refractivity contribution in [1.29, 1.82) is 0 Å². The summed E-state index contributed by atoms with van der Waals surface area (Å²) in [6, 6.07) is 13.9. The van der Waals surface area contributed by atoms with E-state index in [1.165, 1.54) is 5.56 Å². The molecule has 1 saturated carbocycles. The summed E-state index contributed by atoms with van der Waals surface area (Å²) in [7, 11) is 0. The second-order valence-electron chi connectivity index (χ2n) is 7.60. The van der Waals surface area contributed by atoms with Crippen molar-refractivity contribution in [2.24, 2.45) is 0 Å². The molecule has 0 spiro atoms. The van der Waals surface area contributed by atoms with Crippen molar-refractivity contribution in [1.82, 2.24) is 10.2 Å². The van der Waals surface area contributed by atoms with Gasteiger partial charge >= 0.3 is 0 Å². The number of hydrogen-bond donors (Lipinski definition) is 1. The molecule has 1 N–H and O–H groups in total. The van der Waals surface area contributed by atoms with Gasteiger partial charge in [0.2, 0.25) is 5.91 Å². The van der Waals surface area contributed by atoms with Crippen LogP contribution in [0.25, 0.3) is 0 Å². The molecule has 2 aromatic rings. The second-order valence-corrected chi connectivity index (χ2v) is 8.51. The zero-order valence-corrected chi connectivity index (χ0v) is 17.3. The molecule has 1 fully saturated rings. The number of rotatable bonds is 5. The Balaban J connectivity index is 1.49. The van der Waals surface area contributed by atoms with Crippen molar-refractivity contribution >= 4 is 33.7 Å². The molecule has 0 aromatic heterocycles. The molecule has 144 valence electrons. The van der Waals surface area contributed by atoms with Gasteiger partial charge < -0.3 is 5.32 Å². The monoisotopic (exact) mass is 440 g/mol. The van der Waals surface area contributed by atoms with Gasteiger partial charge in [0.1, 0.15) is 6.04 Å². The minimum atomic E-state index is -0.865. The van der Waals surface area contributed by atoms with Crippen LogP contribution in [0.15, 0.2) is 53.0 Å². The van der Waals surface area contributed by atoms with Crippen LogP contribution in [0.5, 0.6) is 0 Å². The van der Waals surface area contributed by atoms with Crippen LogP contribution >= 0.6 is 15.9 Å². The van der Waals surface area contributed by atoms with Gasteiger partial charge in [-0.25, -0.2) is 0 Å². The highest BCUT2D eigenvalue weighted by Crippen LogP contribution is 2.51. The fraction of sp³-hybridized carbons (Fsp3) is 0.318. The van der Waals surface area contributed by atoms with Crippen LogP contribution in [0.2, 0.25) is 0 Å². The summed E-state index contributed by atoms with van der Waals surface area (Å²) in [5.74, 6) is -1.14. The first-order chi connectivity index (χ1) is 13.3. The number of imide groups is 1. The highest BCUT2D eigenvalue weighted by molar-refractivity contribution is 9.10. The largest absolute Gasteiger partial charge is 0.351 e. The quantitative estimate of drug-likeness (QED) is 0.721. The Hall–Kier alpha value is -2.47. The van der Waals surface area contributed by atoms with Gasteiger partial charge in [-0.15, -0.1) is 0 Å². The lowest BCUT2D eigenvalue weighted by atomic mass is 9.89. The third-order valence-electron chi connectivity index (χ3n) is 5.99. The van der Waals surface area contributed by atoms with Crippen LogP contribution in [0.3, 0.4) is 0 Å². The summed E-state index contributed by atoms with van der Waals surface area (Å²) in [5, 5.41) is 3.04. The van der Waals surface area contributed by atoms with E-state index in [0.717, 1.165) is 22.2 Å². The van der Waals surface area contributed by atoms with Gasteiger partial charge in [-0.1, -0.05) is 40.2 Å². The maximum absolute atomic E-state index is 12.9. The Morgan fingerprint density at radius 3 is 2.04 bits per heavy atom. The lowest BCUT2D eigenvalue weighted by Gasteiger charge is -2.28. The number of amides is 3. The predicted molar refractivity (Wildman–Crippen MR) is 109 cm³/mol. The van der Waals surface area contributed by atoms with Crippen LogP contribution in [0.1, 0.15) is 53.0 Å². The number of carbonyl (C=O) groups excluding carboxylic acids is 3. The highest BCUT2D eigenvalue weighted by atomic mass is 79.9. The molecular formula is C22H21BrN2O3. The summed E-state index contributed by atoms with van der Waals surface area (Å²) in [6.07, 6.45) is 1.99.